The quantitative estimate of drug-likeness (QED) is 0.661. The van der Waals surface area contributed by atoms with Crippen LogP contribution in [0.2, 0.25) is 0 Å². The molecule has 1 atom stereocenters. The van der Waals surface area contributed by atoms with Crippen molar-refractivity contribution >= 4 is 6.29 Å². The molecule has 0 fully saturated rings. The van der Waals surface area contributed by atoms with Crippen molar-refractivity contribution in [3.63, 3.8) is 0 Å². The van der Waals surface area contributed by atoms with Gasteiger partial charge in [0.15, 0.2) is 6.29 Å². The van der Waals surface area contributed by atoms with E-state index in [1.807, 2.05) is 19.9 Å². The summed E-state index contributed by atoms with van der Waals surface area (Å²) in [4.78, 5) is 14.7. The number of methoxy groups -OCH3 is 1. The highest BCUT2D eigenvalue weighted by Gasteiger charge is 2.11. The Kier molecular flexibility index (Phi) is 3.14. The Morgan fingerprint density at radius 3 is 2.69 bits per heavy atom. The lowest BCUT2D eigenvalue weighted by molar-refractivity contribution is -0.116. The van der Waals surface area contributed by atoms with Crippen molar-refractivity contribution in [1.29, 1.82) is 0 Å². The molecule has 0 aliphatic carbocycles. The first-order chi connectivity index (χ1) is 6.19. The van der Waals surface area contributed by atoms with Crippen molar-refractivity contribution in [2.75, 3.05) is 7.11 Å². The number of pyridine rings is 1. The number of hydrogen-bond donors (Lipinski definition) is 0. The number of aryl methyl sites for hydroxylation is 2. The molecule has 3 heteroatoms. The van der Waals surface area contributed by atoms with Crippen LogP contribution in [0.15, 0.2) is 12.3 Å². The molecule has 0 bridgehead atoms. The average molecular weight is 179 g/mol. The number of ether oxygens (including phenoxy) is 1. The lowest BCUT2D eigenvalue weighted by Gasteiger charge is -2.11. The van der Waals surface area contributed by atoms with Gasteiger partial charge in [-0.05, 0) is 25.5 Å². The Labute approximate surface area is 77.8 Å². The minimum atomic E-state index is -0.493. The first-order valence-corrected chi connectivity index (χ1v) is 4.10. The maximum atomic E-state index is 10.6. The summed E-state index contributed by atoms with van der Waals surface area (Å²) < 4.78 is 5.00. The Morgan fingerprint density at radius 2 is 2.23 bits per heavy atom. The van der Waals surface area contributed by atoms with E-state index in [-0.39, 0.29) is 0 Å². The summed E-state index contributed by atoms with van der Waals surface area (Å²) >= 11 is 0. The predicted octanol–water partition coefficient (Wildman–Crippen LogP) is 1.58. The van der Waals surface area contributed by atoms with Gasteiger partial charge >= 0.3 is 0 Å². The van der Waals surface area contributed by atoms with Crippen LogP contribution in [0.1, 0.15) is 22.9 Å². The van der Waals surface area contributed by atoms with Crippen molar-refractivity contribution in [1.82, 2.24) is 4.98 Å². The highest BCUT2D eigenvalue weighted by Crippen LogP contribution is 2.17. The maximum absolute atomic E-state index is 10.6. The molecule has 1 unspecified atom stereocenters. The summed E-state index contributed by atoms with van der Waals surface area (Å²) in [5.74, 6) is 0. The Hall–Kier alpha value is -1.22. The molecular weight excluding hydrogens is 166 g/mol. The SMILES string of the molecule is COC(C=O)c1cnc(C)cc1C. The molecule has 1 aromatic rings. The topological polar surface area (TPSA) is 39.2 Å². The number of carbonyl (C=O) groups excluding carboxylic acids is 1. The van der Waals surface area contributed by atoms with E-state index in [0.717, 1.165) is 23.1 Å². The first kappa shape index (κ1) is 9.86. The summed E-state index contributed by atoms with van der Waals surface area (Å²) in [7, 11) is 1.51. The minimum absolute atomic E-state index is 0.493. The zero-order valence-electron chi connectivity index (χ0n) is 8.07. The van der Waals surface area contributed by atoms with E-state index in [1.54, 1.807) is 6.20 Å². The molecule has 0 amide bonds. The second-order valence-corrected chi connectivity index (χ2v) is 2.97. The zero-order valence-corrected chi connectivity index (χ0v) is 8.07. The Balaban J connectivity index is 3.06. The van der Waals surface area contributed by atoms with Crippen molar-refractivity contribution in [3.05, 3.63) is 29.1 Å². The third kappa shape index (κ3) is 2.12. The standard InChI is InChI=1S/C10H13NO2/c1-7-4-8(2)11-5-9(7)10(6-12)13-3/h4-6,10H,1-3H3. The monoisotopic (exact) mass is 179 g/mol. The van der Waals surface area contributed by atoms with Gasteiger partial charge in [-0.2, -0.15) is 0 Å². The van der Waals surface area contributed by atoms with Crippen LogP contribution in [0, 0.1) is 13.8 Å². The van der Waals surface area contributed by atoms with Crippen LogP contribution >= 0.6 is 0 Å². The number of rotatable bonds is 3. The third-order valence-electron chi connectivity index (χ3n) is 1.97. The van der Waals surface area contributed by atoms with E-state index in [1.165, 1.54) is 7.11 Å². The Morgan fingerprint density at radius 1 is 1.54 bits per heavy atom. The molecule has 1 heterocycles. The molecule has 70 valence electrons. The molecule has 0 saturated heterocycles. The number of nitrogens with zero attached hydrogens (tertiary/aromatic N) is 1. The molecule has 0 radical (unpaired) electrons. The highest BCUT2D eigenvalue weighted by atomic mass is 16.5. The number of aromatic nitrogens is 1. The summed E-state index contributed by atoms with van der Waals surface area (Å²) in [6, 6.07) is 1.94. The van der Waals surface area contributed by atoms with Gasteiger partial charge in [0.1, 0.15) is 6.10 Å². The fourth-order valence-electron chi connectivity index (χ4n) is 1.26. The van der Waals surface area contributed by atoms with Crippen LogP contribution in [-0.2, 0) is 9.53 Å². The molecule has 0 aromatic carbocycles. The molecule has 0 aliphatic heterocycles. The zero-order chi connectivity index (χ0) is 9.84. The van der Waals surface area contributed by atoms with Gasteiger partial charge in [0.25, 0.3) is 0 Å². The fraction of sp³-hybridized carbons (Fsp3) is 0.400. The van der Waals surface area contributed by atoms with Crippen LogP contribution in [0.3, 0.4) is 0 Å². The summed E-state index contributed by atoms with van der Waals surface area (Å²) in [5, 5.41) is 0. The van der Waals surface area contributed by atoms with E-state index in [0.29, 0.717) is 0 Å². The highest BCUT2D eigenvalue weighted by molar-refractivity contribution is 5.60. The van der Waals surface area contributed by atoms with E-state index in [9.17, 15) is 4.79 Å². The van der Waals surface area contributed by atoms with Gasteiger partial charge in [-0.3, -0.25) is 4.98 Å². The molecule has 13 heavy (non-hydrogen) atoms. The van der Waals surface area contributed by atoms with E-state index >= 15 is 0 Å². The van der Waals surface area contributed by atoms with Gasteiger partial charge in [0.05, 0.1) is 0 Å². The van der Waals surface area contributed by atoms with Crippen LogP contribution in [0.4, 0.5) is 0 Å². The van der Waals surface area contributed by atoms with Crippen LogP contribution in [-0.4, -0.2) is 18.4 Å². The number of hydrogen-bond acceptors (Lipinski definition) is 3. The van der Waals surface area contributed by atoms with Gasteiger partial charge in [0, 0.05) is 24.6 Å². The maximum Gasteiger partial charge on any atom is 0.153 e. The molecule has 0 saturated carbocycles. The molecule has 1 aromatic heterocycles. The summed E-state index contributed by atoms with van der Waals surface area (Å²) in [6.07, 6.45) is 1.97. The average Bonchev–Trinajstić information content (AvgIpc) is 2.10. The van der Waals surface area contributed by atoms with Crippen molar-refractivity contribution in [2.45, 2.75) is 20.0 Å². The van der Waals surface area contributed by atoms with Gasteiger partial charge in [-0.25, -0.2) is 0 Å². The van der Waals surface area contributed by atoms with Crippen LogP contribution in [0.25, 0.3) is 0 Å². The predicted molar refractivity (Wildman–Crippen MR) is 49.5 cm³/mol. The van der Waals surface area contributed by atoms with Crippen molar-refractivity contribution in [2.24, 2.45) is 0 Å². The second-order valence-electron chi connectivity index (χ2n) is 2.97. The van der Waals surface area contributed by atoms with Gasteiger partial charge in [-0.1, -0.05) is 0 Å². The molecule has 0 spiro atoms. The number of carbonyl (C=O) groups is 1. The van der Waals surface area contributed by atoms with E-state index < -0.39 is 6.10 Å². The van der Waals surface area contributed by atoms with Gasteiger partial charge in [0.2, 0.25) is 0 Å². The molecule has 0 aliphatic rings. The smallest absolute Gasteiger partial charge is 0.153 e. The van der Waals surface area contributed by atoms with E-state index in [4.69, 9.17) is 4.74 Å². The lowest BCUT2D eigenvalue weighted by atomic mass is 10.1. The van der Waals surface area contributed by atoms with Crippen molar-refractivity contribution in [3.8, 4) is 0 Å². The lowest BCUT2D eigenvalue weighted by Crippen LogP contribution is -2.05. The summed E-state index contributed by atoms with van der Waals surface area (Å²) in [6.45, 7) is 3.86. The number of aldehydes is 1. The Bertz CT molecular complexity index is 310. The van der Waals surface area contributed by atoms with Crippen molar-refractivity contribution < 1.29 is 9.53 Å². The summed E-state index contributed by atoms with van der Waals surface area (Å²) in [5.41, 5.74) is 2.82. The van der Waals surface area contributed by atoms with Gasteiger partial charge in [-0.15, -0.1) is 0 Å². The molecule has 1 rings (SSSR count). The second kappa shape index (κ2) is 4.14. The van der Waals surface area contributed by atoms with Crippen LogP contribution < -0.4 is 0 Å². The normalized spacial score (nSPS) is 12.5. The van der Waals surface area contributed by atoms with E-state index in [2.05, 4.69) is 4.98 Å². The molecule has 3 nitrogen and oxygen atoms in total. The fourth-order valence-corrected chi connectivity index (χ4v) is 1.26. The van der Waals surface area contributed by atoms with Crippen LogP contribution in [0.5, 0.6) is 0 Å². The first-order valence-electron chi connectivity index (χ1n) is 4.10. The third-order valence-corrected chi connectivity index (χ3v) is 1.97. The molecular formula is C10H13NO2. The largest absolute Gasteiger partial charge is 0.369 e. The van der Waals surface area contributed by atoms with Gasteiger partial charge < -0.3 is 9.53 Å². The molecule has 0 N–H and O–H groups in total. The minimum Gasteiger partial charge on any atom is -0.369 e.